The standard InChI is InChI=1S/C21H25NO4/c1-15-5-7-20(26-4)17(11-15)9-10-22-21(23)8-6-16-12-18(24-2)14-19(13-16)25-3/h5-8,11-14H,9-10H2,1-4H3,(H,22,23)/b8-6+. The summed E-state index contributed by atoms with van der Waals surface area (Å²) in [5, 5.41) is 2.89. The second kappa shape index (κ2) is 9.51. The third-order valence-electron chi connectivity index (χ3n) is 3.93. The van der Waals surface area contributed by atoms with Crippen molar-refractivity contribution in [2.75, 3.05) is 27.9 Å². The van der Waals surface area contributed by atoms with Crippen molar-refractivity contribution in [2.24, 2.45) is 0 Å². The number of aryl methyl sites for hydroxylation is 1. The number of ether oxygens (including phenoxy) is 3. The number of nitrogens with one attached hydrogen (secondary N) is 1. The van der Waals surface area contributed by atoms with Crippen LogP contribution in [0.5, 0.6) is 17.2 Å². The summed E-state index contributed by atoms with van der Waals surface area (Å²) in [6, 6.07) is 11.5. The summed E-state index contributed by atoms with van der Waals surface area (Å²) in [4.78, 5) is 12.0. The van der Waals surface area contributed by atoms with Crippen molar-refractivity contribution in [2.45, 2.75) is 13.3 Å². The Morgan fingerprint density at radius 2 is 1.69 bits per heavy atom. The maximum Gasteiger partial charge on any atom is 0.244 e. The molecule has 0 aromatic heterocycles. The maximum atomic E-state index is 12.0. The molecule has 0 saturated heterocycles. The van der Waals surface area contributed by atoms with Crippen LogP contribution >= 0.6 is 0 Å². The molecule has 138 valence electrons. The van der Waals surface area contributed by atoms with Crippen LogP contribution in [0, 0.1) is 6.92 Å². The Labute approximate surface area is 154 Å². The summed E-state index contributed by atoms with van der Waals surface area (Å²) in [6.45, 7) is 2.57. The lowest BCUT2D eigenvalue weighted by molar-refractivity contribution is -0.116. The van der Waals surface area contributed by atoms with E-state index in [9.17, 15) is 4.79 Å². The molecule has 2 aromatic rings. The van der Waals surface area contributed by atoms with Gasteiger partial charge in [-0.05, 0) is 48.7 Å². The number of benzene rings is 2. The van der Waals surface area contributed by atoms with Gasteiger partial charge in [-0.1, -0.05) is 17.7 Å². The van der Waals surface area contributed by atoms with Gasteiger partial charge in [0.05, 0.1) is 21.3 Å². The quantitative estimate of drug-likeness (QED) is 0.738. The first kappa shape index (κ1) is 19.4. The van der Waals surface area contributed by atoms with Gasteiger partial charge < -0.3 is 19.5 Å². The monoisotopic (exact) mass is 355 g/mol. The molecule has 0 saturated carbocycles. The molecule has 5 nitrogen and oxygen atoms in total. The lowest BCUT2D eigenvalue weighted by atomic mass is 10.1. The van der Waals surface area contributed by atoms with Crippen LogP contribution in [-0.4, -0.2) is 33.8 Å². The van der Waals surface area contributed by atoms with Crippen LogP contribution in [0.2, 0.25) is 0 Å². The molecule has 0 fully saturated rings. The van der Waals surface area contributed by atoms with Gasteiger partial charge in [-0.2, -0.15) is 0 Å². The fraction of sp³-hybridized carbons (Fsp3) is 0.286. The van der Waals surface area contributed by atoms with Crippen LogP contribution in [0.15, 0.2) is 42.5 Å². The second-order valence-electron chi connectivity index (χ2n) is 5.84. The van der Waals surface area contributed by atoms with Crippen LogP contribution in [0.1, 0.15) is 16.7 Å². The SMILES string of the molecule is COc1cc(/C=C/C(=O)NCCc2cc(C)ccc2OC)cc(OC)c1. The summed E-state index contributed by atoms with van der Waals surface area (Å²) in [6.07, 6.45) is 3.94. The van der Waals surface area contributed by atoms with E-state index in [0.29, 0.717) is 24.5 Å². The zero-order valence-corrected chi connectivity index (χ0v) is 15.7. The van der Waals surface area contributed by atoms with Crippen LogP contribution in [0.25, 0.3) is 6.08 Å². The summed E-state index contributed by atoms with van der Waals surface area (Å²) in [5.41, 5.74) is 3.07. The minimum Gasteiger partial charge on any atom is -0.497 e. The molecule has 2 rings (SSSR count). The van der Waals surface area contributed by atoms with Crippen molar-refractivity contribution in [3.8, 4) is 17.2 Å². The third-order valence-corrected chi connectivity index (χ3v) is 3.93. The minimum absolute atomic E-state index is 0.154. The van der Waals surface area contributed by atoms with Gasteiger partial charge in [-0.15, -0.1) is 0 Å². The van der Waals surface area contributed by atoms with Crippen LogP contribution in [0.4, 0.5) is 0 Å². The molecule has 0 heterocycles. The van der Waals surface area contributed by atoms with E-state index in [-0.39, 0.29) is 5.91 Å². The molecule has 1 N–H and O–H groups in total. The molecular weight excluding hydrogens is 330 g/mol. The Kier molecular flexibility index (Phi) is 7.09. The molecular formula is C21H25NO4. The van der Waals surface area contributed by atoms with Gasteiger partial charge in [-0.25, -0.2) is 0 Å². The van der Waals surface area contributed by atoms with Gasteiger partial charge in [0.15, 0.2) is 0 Å². The van der Waals surface area contributed by atoms with Gasteiger partial charge in [0.2, 0.25) is 5.91 Å². The Bertz CT molecular complexity index is 761. The van der Waals surface area contributed by atoms with Crippen LogP contribution in [-0.2, 0) is 11.2 Å². The van der Waals surface area contributed by atoms with E-state index in [0.717, 1.165) is 16.9 Å². The molecule has 1 amide bonds. The number of methoxy groups -OCH3 is 3. The van der Waals surface area contributed by atoms with E-state index in [1.807, 2.05) is 31.2 Å². The smallest absolute Gasteiger partial charge is 0.244 e. The van der Waals surface area contributed by atoms with Gasteiger partial charge in [-0.3, -0.25) is 4.79 Å². The van der Waals surface area contributed by atoms with E-state index in [4.69, 9.17) is 14.2 Å². The summed E-state index contributed by atoms with van der Waals surface area (Å²) in [7, 11) is 4.83. The van der Waals surface area contributed by atoms with Crippen molar-refractivity contribution in [3.05, 3.63) is 59.2 Å². The first-order valence-corrected chi connectivity index (χ1v) is 8.38. The lowest BCUT2D eigenvalue weighted by Crippen LogP contribution is -2.23. The van der Waals surface area contributed by atoms with E-state index in [1.165, 1.54) is 11.6 Å². The van der Waals surface area contributed by atoms with E-state index in [1.54, 1.807) is 33.5 Å². The van der Waals surface area contributed by atoms with Crippen molar-refractivity contribution in [1.29, 1.82) is 0 Å². The van der Waals surface area contributed by atoms with Crippen molar-refractivity contribution in [1.82, 2.24) is 5.32 Å². The number of amides is 1. The van der Waals surface area contributed by atoms with E-state index < -0.39 is 0 Å². The Balaban J connectivity index is 1.93. The molecule has 0 aliphatic rings. The van der Waals surface area contributed by atoms with Gasteiger partial charge in [0.1, 0.15) is 17.2 Å². The van der Waals surface area contributed by atoms with Gasteiger partial charge in [0.25, 0.3) is 0 Å². The molecule has 0 spiro atoms. The minimum atomic E-state index is -0.154. The highest BCUT2D eigenvalue weighted by molar-refractivity contribution is 5.91. The summed E-state index contributed by atoms with van der Waals surface area (Å²) in [5.74, 6) is 2.04. The number of hydrogen-bond donors (Lipinski definition) is 1. The highest BCUT2D eigenvalue weighted by Crippen LogP contribution is 2.23. The fourth-order valence-electron chi connectivity index (χ4n) is 2.58. The highest BCUT2D eigenvalue weighted by Gasteiger charge is 2.04. The molecule has 0 unspecified atom stereocenters. The number of hydrogen-bond acceptors (Lipinski definition) is 4. The summed E-state index contributed by atoms with van der Waals surface area (Å²) < 4.78 is 15.8. The van der Waals surface area contributed by atoms with Crippen molar-refractivity contribution < 1.29 is 19.0 Å². The molecule has 0 atom stereocenters. The Morgan fingerprint density at radius 1 is 1.00 bits per heavy atom. The highest BCUT2D eigenvalue weighted by atomic mass is 16.5. The predicted octanol–water partition coefficient (Wildman–Crippen LogP) is 3.39. The first-order valence-electron chi connectivity index (χ1n) is 8.38. The van der Waals surface area contributed by atoms with Gasteiger partial charge >= 0.3 is 0 Å². The normalized spacial score (nSPS) is 10.6. The topological polar surface area (TPSA) is 56.8 Å². The van der Waals surface area contributed by atoms with Crippen LogP contribution < -0.4 is 19.5 Å². The van der Waals surface area contributed by atoms with E-state index >= 15 is 0 Å². The number of carbonyl (C=O) groups excluding carboxylic acids is 1. The molecule has 2 aromatic carbocycles. The van der Waals surface area contributed by atoms with Crippen molar-refractivity contribution >= 4 is 12.0 Å². The molecule has 0 aliphatic carbocycles. The van der Waals surface area contributed by atoms with Crippen LogP contribution in [0.3, 0.4) is 0 Å². The number of rotatable bonds is 8. The second-order valence-corrected chi connectivity index (χ2v) is 5.84. The van der Waals surface area contributed by atoms with Crippen molar-refractivity contribution in [3.63, 3.8) is 0 Å². The van der Waals surface area contributed by atoms with Gasteiger partial charge in [0, 0.05) is 18.7 Å². The molecule has 0 aliphatic heterocycles. The third kappa shape index (κ3) is 5.55. The fourth-order valence-corrected chi connectivity index (χ4v) is 2.58. The number of carbonyl (C=O) groups is 1. The predicted molar refractivity (Wildman–Crippen MR) is 103 cm³/mol. The zero-order chi connectivity index (χ0) is 18.9. The Hall–Kier alpha value is -2.95. The van der Waals surface area contributed by atoms with E-state index in [2.05, 4.69) is 11.4 Å². The lowest BCUT2D eigenvalue weighted by Gasteiger charge is -2.09. The molecule has 0 bridgehead atoms. The average molecular weight is 355 g/mol. The summed E-state index contributed by atoms with van der Waals surface area (Å²) >= 11 is 0. The molecule has 5 heteroatoms. The largest absolute Gasteiger partial charge is 0.497 e. The Morgan fingerprint density at radius 3 is 2.31 bits per heavy atom. The first-order chi connectivity index (χ1) is 12.5. The maximum absolute atomic E-state index is 12.0. The zero-order valence-electron chi connectivity index (χ0n) is 15.7. The average Bonchev–Trinajstić information content (AvgIpc) is 2.66. The molecule has 0 radical (unpaired) electrons. The molecule has 26 heavy (non-hydrogen) atoms.